The minimum atomic E-state index is 0.00658. The van der Waals surface area contributed by atoms with Crippen LogP contribution in [-0.2, 0) is 6.61 Å². The number of aryl methyl sites for hydroxylation is 1. The lowest BCUT2D eigenvalue weighted by atomic mass is 10.2. The van der Waals surface area contributed by atoms with Gasteiger partial charge in [-0.15, -0.1) is 0 Å². The Morgan fingerprint density at radius 1 is 1.47 bits per heavy atom. The number of aromatic nitrogens is 2. The number of aliphatic hydroxyl groups excluding tert-OH is 1. The second kappa shape index (κ2) is 4.04. The highest BCUT2D eigenvalue weighted by Gasteiger charge is 2.03. The number of aliphatic hydroxyl groups is 1. The van der Waals surface area contributed by atoms with Crippen LogP contribution in [-0.4, -0.2) is 14.9 Å². The van der Waals surface area contributed by atoms with Crippen molar-refractivity contribution in [1.82, 2.24) is 9.78 Å². The van der Waals surface area contributed by atoms with Crippen LogP contribution in [0.3, 0.4) is 0 Å². The molecule has 1 aromatic heterocycles. The highest BCUT2D eigenvalue weighted by atomic mass is 35.5. The molecule has 3 nitrogen and oxygen atoms in total. The van der Waals surface area contributed by atoms with Gasteiger partial charge in [0.1, 0.15) is 0 Å². The van der Waals surface area contributed by atoms with Crippen molar-refractivity contribution in [3.8, 4) is 5.69 Å². The summed E-state index contributed by atoms with van der Waals surface area (Å²) in [5, 5.41) is 13.8. The van der Waals surface area contributed by atoms with E-state index in [-0.39, 0.29) is 6.61 Å². The van der Waals surface area contributed by atoms with Crippen LogP contribution in [0.25, 0.3) is 5.69 Å². The van der Waals surface area contributed by atoms with E-state index in [9.17, 15) is 0 Å². The van der Waals surface area contributed by atoms with Crippen LogP contribution < -0.4 is 0 Å². The number of halogens is 1. The van der Waals surface area contributed by atoms with Crippen molar-refractivity contribution < 1.29 is 5.11 Å². The molecule has 4 heteroatoms. The Morgan fingerprint density at radius 2 is 2.27 bits per heavy atom. The summed E-state index contributed by atoms with van der Waals surface area (Å²) in [5.41, 5.74) is 2.82. The molecule has 0 unspecified atom stereocenters. The van der Waals surface area contributed by atoms with E-state index in [1.54, 1.807) is 17.1 Å². The van der Waals surface area contributed by atoms with Crippen molar-refractivity contribution in [2.75, 3.05) is 0 Å². The molecule has 15 heavy (non-hydrogen) atoms. The van der Waals surface area contributed by atoms with Gasteiger partial charge in [0.2, 0.25) is 0 Å². The van der Waals surface area contributed by atoms with Gasteiger partial charge in [-0.3, -0.25) is 0 Å². The van der Waals surface area contributed by atoms with Crippen LogP contribution in [0.4, 0.5) is 0 Å². The molecule has 0 saturated heterocycles. The van der Waals surface area contributed by atoms with E-state index >= 15 is 0 Å². The molecule has 1 N–H and O–H groups in total. The Kier molecular flexibility index (Phi) is 2.75. The van der Waals surface area contributed by atoms with E-state index in [4.69, 9.17) is 16.7 Å². The van der Waals surface area contributed by atoms with Crippen LogP contribution in [0.2, 0.25) is 5.02 Å². The largest absolute Gasteiger partial charge is 0.392 e. The van der Waals surface area contributed by atoms with E-state index < -0.39 is 0 Å². The summed E-state index contributed by atoms with van der Waals surface area (Å²) in [6.07, 6.45) is 3.45. The van der Waals surface area contributed by atoms with E-state index in [1.165, 1.54) is 0 Å². The fourth-order valence-electron chi connectivity index (χ4n) is 1.45. The zero-order chi connectivity index (χ0) is 10.8. The van der Waals surface area contributed by atoms with Gasteiger partial charge >= 0.3 is 0 Å². The van der Waals surface area contributed by atoms with Crippen molar-refractivity contribution in [3.63, 3.8) is 0 Å². The van der Waals surface area contributed by atoms with Crippen molar-refractivity contribution in [1.29, 1.82) is 0 Å². The fraction of sp³-hybridized carbons (Fsp3) is 0.182. The summed E-state index contributed by atoms with van der Waals surface area (Å²) >= 11 is 5.87. The molecule has 0 aliphatic carbocycles. The Morgan fingerprint density at radius 3 is 2.87 bits per heavy atom. The summed E-state index contributed by atoms with van der Waals surface area (Å²) in [7, 11) is 0. The third-order valence-corrected chi connectivity index (χ3v) is 2.46. The molecule has 0 aliphatic heterocycles. The molecular weight excluding hydrogens is 212 g/mol. The molecule has 0 radical (unpaired) electrons. The van der Waals surface area contributed by atoms with E-state index in [0.717, 1.165) is 16.8 Å². The standard InChI is InChI=1S/C11H11ClN2O/c1-8-4-10(12)2-3-11(8)14-6-9(7-15)5-13-14/h2-6,15H,7H2,1H3. The third-order valence-electron chi connectivity index (χ3n) is 2.22. The lowest BCUT2D eigenvalue weighted by Crippen LogP contribution is -1.96. The van der Waals surface area contributed by atoms with Crippen molar-refractivity contribution >= 4 is 11.6 Å². The molecule has 0 saturated carbocycles. The lowest BCUT2D eigenvalue weighted by molar-refractivity contribution is 0.282. The Bertz CT molecular complexity index is 479. The maximum absolute atomic E-state index is 8.94. The molecule has 0 atom stereocenters. The monoisotopic (exact) mass is 222 g/mol. The molecule has 2 rings (SSSR count). The summed E-state index contributed by atoms with van der Waals surface area (Å²) in [5.74, 6) is 0. The number of benzene rings is 1. The first-order valence-corrected chi connectivity index (χ1v) is 4.99. The normalized spacial score (nSPS) is 10.6. The predicted octanol–water partition coefficient (Wildman–Crippen LogP) is 2.33. The first-order valence-electron chi connectivity index (χ1n) is 4.61. The topological polar surface area (TPSA) is 38.0 Å². The van der Waals surface area contributed by atoms with Crippen LogP contribution in [0.5, 0.6) is 0 Å². The van der Waals surface area contributed by atoms with Gasteiger partial charge in [-0.2, -0.15) is 5.10 Å². The molecule has 0 aliphatic rings. The van der Waals surface area contributed by atoms with Gasteiger partial charge in [0, 0.05) is 16.8 Å². The minimum absolute atomic E-state index is 0.00658. The second-order valence-electron chi connectivity index (χ2n) is 3.38. The van der Waals surface area contributed by atoms with Gasteiger partial charge in [0.25, 0.3) is 0 Å². The number of rotatable bonds is 2. The highest BCUT2D eigenvalue weighted by Crippen LogP contribution is 2.18. The average molecular weight is 223 g/mol. The summed E-state index contributed by atoms with van der Waals surface area (Å²) in [4.78, 5) is 0. The maximum atomic E-state index is 8.94. The Labute approximate surface area is 92.9 Å². The number of hydrogen-bond donors (Lipinski definition) is 1. The van der Waals surface area contributed by atoms with Crippen molar-refractivity contribution in [2.45, 2.75) is 13.5 Å². The molecule has 0 amide bonds. The zero-order valence-electron chi connectivity index (χ0n) is 8.31. The molecule has 1 aromatic carbocycles. The molecule has 0 bridgehead atoms. The average Bonchev–Trinajstić information content (AvgIpc) is 2.66. The minimum Gasteiger partial charge on any atom is -0.392 e. The fourth-order valence-corrected chi connectivity index (χ4v) is 1.68. The SMILES string of the molecule is Cc1cc(Cl)ccc1-n1cc(CO)cn1. The van der Waals surface area contributed by atoms with Gasteiger partial charge in [0.05, 0.1) is 18.5 Å². The van der Waals surface area contributed by atoms with Crippen LogP contribution in [0, 0.1) is 6.92 Å². The smallest absolute Gasteiger partial charge is 0.0712 e. The first kappa shape index (κ1) is 10.2. The van der Waals surface area contributed by atoms with Gasteiger partial charge in [-0.25, -0.2) is 4.68 Å². The van der Waals surface area contributed by atoms with Crippen LogP contribution in [0.15, 0.2) is 30.6 Å². The van der Waals surface area contributed by atoms with E-state index in [1.807, 2.05) is 25.1 Å². The number of hydrogen-bond acceptors (Lipinski definition) is 2. The molecule has 2 aromatic rings. The molecule has 0 fully saturated rings. The summed E-state index contributed by atoms with van der Waals surface area (Å²) in [6.45, 7) is 1.98. The lowest BCUT2D eigenvalue weighted by Gasteiger charge is -2.05. The third kappa shape index (κ3) is 2.03. The Hall–Kier alpha value is -1.32. The second-order valence-corrected chi connectivity index (χ2v) is 3.82. The Balaban J connectivity index is 2.44. The zero-order valence-corrected chi connectivity index (χ0v) is 9.07. The quantitative estimate of drug-likeness (QED) is 0.847. The summed E-state index contributed by atoms with van der Waals surface area (Å²) in [6, 6.07) is 5.62. The van der Waals surface area contributed by atoms with Crippen LogP contribution in [0.1, 0.15) is 11.1 Å². The maximum Gasteiger partial charge on any atom is 0.0712 e. The van der Waals surface area contributed by atoms with Gasteiger partial charge in [0.15, 0.2) is 0 Å². The first-order chi connectivity index (χ1) is 7.20. The van der Waals surface area contributed by atoms with Gasteiger partial charge in [-0.1, -0.05) is 11.6 Å². The number of nitrogens with zero attached hydrogens (tertiary/aromatic N) is 2. The van der Waals surface area contributed by atoms with E-state index in [0.29, 0.717) is 5.02 Å². The summed E-state index contributed by atoms with van der Waals surface area (Å²) < 4.78 is 1.73. The molecule has 0 spiro atoms. The molecule has 78 valence electrons. The van der Waals surface area contributed by atoms with Crippen molar-refractivity contribution in [3.05, 3.63) is 46.7 Å². The van der Waals surface area contributed by atoms with E-state index in [2.05, 4.69) is 5.10 Å². The van der Waals surface area contributed by atoms with Gasteiger partial charge in [-0.05, 0) is 30.7 Å². The van der Waals surface area contributed by atoms with Crippen molar-refractivity contribution in [2.24, 2.45) is 0 Å². The predicted molar refractivity (Wildman–Crippen MR) is 59.2 cm³/mol. The van der Waals surface area contributed by atoms with Gasteiger partial charge < -0.3 is 5.11 Å². The highest BCUT2D eigenvalue weighted by molar-refractivity contribution is 6.30. The molecular formula is C11H11ClN2O. The van der Waals surface area contributed by atoms with Crippen LogP contribution >= 0.6 is 11.6 Å². The molecule has 1 heterocycles.